The molecule has 2 heterocycles. The third-order valence-electron chi connectivity index (χ3n) is 2.70. The summed E-state index contributed by atoms with van der Waals surface area (Å²) in [7, 11) is 1.49. The maximum Gasteiger partial charge on any atom is 0.417 e. The van der Waals surface area contributed by atoms with Gasteiger partial charge in [-0.05, 0) is 6.07 Å². The SMILES string of the molecule is COc1ccc(NC2N=CC(C(F)(F)F)=CC2N)cn1. The van der Waals surface area contributed by atoms with Crippen molar-refractivity contribution in [2.24, 2.45) is 10.7 Å². The molecular formula is C12H13F3N4O. The van der Waals surface area contributed by atoms with Crippen molar-refractivity contribution in [2.45, 2.75) is 18.4 Å². The van der Waals surface area contributed by atoms with Crippen LogP contribution in [0, 0.1) is 0 Å². The number of pyridine rings is 1. The average molecular weight is 286 g/mol. The Bertz CT molecular complexity index is 524. The quantitative estimate of drug-likeness (QED) is 0.887. The fourth-order valence-corrected chi connectivity index (χ4v) is 1.66. The summed E-state index contributed by atoms with van der Waals surface area (Å²) >= 11 is 0. The van der Waals surface area contributed by atoms with Crippen LogP contribution in [-0.2, 0) is 0 Å². The van der Waals surface area contributed by atoms with Crippen molar-refractivity contribution in [3.8, 4) is 5.88 Å². The van der Waals surface area contributed by atoms with Crippen LogP contribution in [-0.4, -0.2) is 36.7 Å². The smallest absolute Gasteiger partial charge is 0.417 e. The van der Waals surface area contributed by atoms with Crippen molar-refractivity contribution in [3.05, 3.63) is 30.0 Å². The number of aromatic nitrogens is 1. The Kier molecular flexibility index (Phi) is 3.93. The molecule has 2 rings (SSSR count). The molecule has 0 bridgehead atoms. The van der Waals surface area contributed by atoms with Crippen molar-refractivity contribution in [2.75, 3.05) is 12.4 Å². The number of halogens is 3. The second-order valence-corrected chi connectivity index (χ2v) is 4.15. The monoisotopic (exact) mass is 286 g/mol. The topological polar surface area (TPSA) is 72.5 Å². The summed E-state index contributed by atoms with van der Waals surface area (Å²) in [6, 6.07) is 2.42. The van der Waals surface area contributed by atoms with Gasteiger partial charge in [0.15, 0.2) is 0 Å². The van der Waals surface area contributed by atoms with Gasteiger partial charge in [0.05, 0.1) is 30.6 Å². The Morgan fingerprint density at radius 2 is 2.10 bits per heavy atom. The van der Waals surface area contributed by atoms with Crippen LogP contribution in [0.2, 0.25) is 0 Å². The van der Waals surface area contributed by atoms with E-state index < -0.39 is 24.0 Å². The van der Waals surface area contributed by atoms with E-state index in [-0.39, 0.29) is 0 Å². The van der Waals surface area contributed by atoms with E-state index >= 15 is 0 Å². The van der Waals surface area contributed by atoms with E-state index in [1.54, 1.807) is 12.1 Å². The summed E-state index contributed by atoms with van der Waals surface area (Å²) < 4.78 is 42.4. The van der Waals surface area contributed by atoms with Crippen molar-refractivity contribution >= 4 is 11.9 Å². The molecule has 8 heteroatoms. The van der Waals surface area contributed by atoms with E-state index in [9.17, 15) is 13.2 Å². The second-order valence-electron chi connectivity index (χ2n) is 4.15. The molecule has 20 heavy (non-hydrogen) atoms. The van der Waals surface area contributed by atoms with Crippen molar-refractivity contribution in [1.82, 2.24) is 4.98 Å². The zero-order chi connectivity index (χ0) is 14.8. The second kappa shape index (κ2) is 5.49. The molecule has 2 atom stereocenters. The summed E-state index contributed by atoms with van der Waals surface area (Å²) in [5.74, 6) is 0.436. The Morgan fingerprint density at radius 3 is 2.60 bits per heavy atom. The molecular weight excluding hydrogens is 273 g/mol. The van der Waals surface area contributed by atoms with Gasteiger partial charge in [0.25, 0.3) is 0 Å². The molecule has 0 fully saturated rings. The van der Waals surface area contributed by atoms with Crippen molar-refractivity contribution < 1.29 is 17.9 Å². The van der Waals surface area contributed by atoms with Crippen molar-refractivity contribution in [3.63, 3.8) is 0 Å². The largest absolute Gasteiger partial charge is 0.481 e. The van der Waals surface area contributed by atoms with Crippen LogP contribution in [0.4, 0.5) is 18.9 Å². The minimum absolute atomic E-state index is 0.436. The van der Waals surface area contributed by atoms with Gasteiger partial charge in [-0.1, -0.05) is 6.08 Å². The Balaban J connectivity index is 2.05. The molecule has 1 aromatic heterocycles. The highest BCUT2D eigenvalue weighted by molar-refractivity contribution is 5.82. The first-order valence-electron chi connectivity index (χ1n) is 5.74. The summed E-state index contributed by atoms with van der Waals surface area (Å²) in [5.41, 5.74) is 5.43. The minimum Gasteiger partial charge on any atom is -0.481 e. The number of anilines is 1. The van der Waals surface area contributed by atoms with E-state index in [0.717, 1.165) is 12.3 Å². The van der Waals surface area contributed by atoms with Crippen molar-refractivity contribution in [1.29, 1.82) is 0 Å². The number of hydrogen-bond donors (Lipinski definition) is 2. The fraction of sp³-hybridized carbons (Fsp3) is 0.333. The van der Waals surface area contributed by atoms with Crippen LogP contribution in [0.1, 0.15) is 0 Å². The highest BCUT2D eigenvalue weighted by Gasteiger charge is 2.35. The normalized spacial score (nSPS) is 22.4. The molecule has 0 saturated carbocycles. The number of allylic oxidation sites excluding steroid dienone is 1. The number of ether oxygens (including phenoxy) is 1. The molecule has 0 radical (unpaired) electrons. The van der Waals surface area contributed by atoms with E-state index in [0.29, 0.717) is 11.6 Å². The first kappa shape index (κ1) is 14.3. The maximum absolute atomic E-state index is 12.5. The third kappa shape index (κ3) is 3.27. The van der Waals surface area contributed by atoms with Gasteiger partial charge in [0.2, 0.25) is 5.88 Å². The molecule has 0 aromatic carbocycles. The van der Waals surface area contributed by atoms with Gasteiger partial charge in [-0.15, -0.1) is 0 Å². The number of methoxy groups -OCH3 is 1. The molecule has 2 unspecified atom stereocenters. The predicted molar refractivity (Wildman–Crippen MR) is 68.8 cm³/mol. The zero-order valence-electron chi connectivity index (χ0n) is 10.6. The molecule has 0 amide bonds. The Hall–Kier alpha value is -2.09. The van der Waals surface area contributed by atoms with Gasteiger partial charge in [-0.3, -0.25) is 4.99 Å². The molecule has 1 aromatic rings. The molecule has 0 spiro atoms. The molecule has 0 aliphatic carbocycles. The van der Waals surface area contributed by atoms with Gasteiger partial charge < -0.3 is 15.8 Å². The van der Waals surface area contributed by atoms with Gasteiger partial charge in [-0.2, -0.15) is 13.2 Å². The van der Waals surface area contributed by atoms with E-state index in [4.69, 9.17) is 10.5 Å². The van der Waals surface area contributed by atoms with Crippen LogP contribution >= 0.6 is 0 Å². The number of nitrogens with two attached hydrogens (primary N) is 1. The Labute approximate surface area is 113 Å². The van der Waals surface area contributed by atoms with E-state index in [2.05, 4.69) is 15.3 Å². The molecule has 0 saturated heterocycles. The number of nitrogens with zero attached hydrogens (tertiary/aromatic N) is 2. The lowest BCUT2D eigenvalue weighted by molar-refractivity contribution is -0.0861. The summed E-state index contributed by atoms with van der Waals surface area (Å²) in [5, 5.41) is 2.90. The highest BCUT2D eigenvalue weighted by Crippen LogP contribution is 2.27. The van der Waals surface area contributed by atoms with Crippen LogP contribution in [0.5, 0.6) is 5.88 Å². The molecule has 1 aliphatic heterocycles. The molecule has 3 N–H and O–H groups in total. The summed E-state index contributed by atoms with van der Waals surface area (Å²) in [4.78, 5) is 7.76. The molecule has 5 nitrogen and oxygen atoms in total. The number of dihydropyridines is 1. The average Bonchev–Trinajstić information content (AvgIpc) is 2.41. The van der Waals surface area contributed by atoms with Crippen LogP contribution < -0.4 is 15.8 Å². The lowest BCUT2D eigenvalue weighted by Gasteiger charge is -2.24. The minimum atomic E-state index is -4.44. The first-order valence-corrected chi connectivity index (χ1v) is 5.74. The maximum atomic E-state index is 12.5. The Morgan fingerprint density at radius 1 is 1.35 bits per heavy atom. The van der Waals surface area contributed by atoms with Crippen LogP contribution in [0.15, 0.2) is 35.0 Å². The lowest BCUT2D eigenvalue weighted by Crippen LogP contribution is -2.41. The van der Waals surface area contributed by atoms with Gasteiger partial charge in [-0.25, -0.2) is 4.98 Å². The third-order valence-corrected chi connectivity index (χ3v) is 2.70. The van der Waals surface area contributed by atoms with E-state index in [1.807, 2.05) is 0 Å². The number of rotatable bonds is 3. The van der Waals surface area contributed by atoms with Gasteiger partial charge >= 0.3 is 6.18 Å². The van der Waals surface area contributed by atoms with E-state index in [1.165, 1.54) is 13.3 Å². The number of hydrogen-bond acceptors (Lipinski definition) is 5. The number of nitrogens with one attached hydrogen (secondary N) is 1. The predicted octanol–water partition coefficient (Wildman–Crippen LogP) is 1.73. The standard InChI is InChI=1S/C12H13F3N4O/c1-20-10-3-2-8(6-17-10)19-11-9(16)4-7(5-18-11)12(13,14)15/h2-6,9,11,19H,16H2,1H3. The number of alkyl halides is 3. The van der Waals surface area contributed by atoms with Crippen LogP contribution in [0.25, 0.3) is 0 Å². The fourth-order valence-electron chi connectivity index (χ4n) is 1.66. The summed E-state index contributed by atoms with van der Waals surface area (Å²) in [6.07, 6.45) is -1.89. The van der Waals surface area contributed by atoms with Gasteiger partial charge in [0, 0.05) is 12.3 Å². The lowest BCUT2D eigenvalue weighted by atomic mass is 10.1. The summed E-state index contributed by atoms with van der Waals surface area (Å²) in [6.45, 7) is 0. The number of aliphatic imine (C=N–C) groups is 1. The molecule has 108 valence electrons. The zero-order valence-corrected chi connectivity index (χ0v) is 10.6. The molecule has 1 aliphatic rings. The highest BCUT2D eigenvalue weighted by atomic mass is 19.4. The van der Waals surface area contributed by atoms with Crippen LogP contribution in [0.3, 0.4) is 0 Å². The first-order chi connectivity index (χ1) is 9.40. The van der Waals surface area contributed by atoms with Gasteiger partial charge in [0.1, 0.15) is 6.17 Å².